The van der Waals surface area contributed by atoms with Gasteiger partial charge in [0.05, 0.1) is 6.54 Å². The van der Waals surface area contributed by atoms with Gasteiger partial charge in [0.25, 0.3) is 11.8 Å². The highest BCUT2D eigenvalue weighted by Crippen LogP contribution is 2.17. The molecule has 0 spiro atoms. The maximum atomic E-state index is 12.4. The van der Waals surface area contributed by atoms with Crippen molar-refractivity contribution < 1.29 is 14.8 Å². The highest BCUT2D eigenvalue weighted by molar-refractivity contribution is 6.30. The number of hydrogen-bond acceptors (Lipinski definition) is 4. The summed E-state index contributed by atoms with van der Waals surface area (Å²) in [4.78, 5) is 29.6. The van der Waals surface area contributed by atoms with Crippen molar-refractivity contribution in [2.24, 2.45) is 0 Å². The van der Waals surface area contributed by atoms with E-state index >= 15 is 0 Å². The van der Waals surface area contributed by atoms with E-state index in [0.717, 1.165) is 0 Å². The van der Waals surface area contributed by atoms with Gasteiger partial charge in [-0.15, -0.1) is 0 Å². The highest BCUT2D eigenvalue weighted by Gasteiger charge is 2.24. The minimum atomic E-state index is -0.669. The third-order valence-corrected chi connectivity index (χ3v) is 3.77. The van der Waals surface area contributed by atoms with Crippen LogP contribution in [0.3, 0.4) is 0 Å². The lowest BCUT2D eigenvalue weighted by atomic mass is 10.2. The quantitative estimate of drug-likeness (QED) is 0.645. The molecule has 0 fully saturated rings. The molecule has 1 aliphatic rings. The van der Waals surface area contributed by atoms with Crippen LogP contribution >= 0.6 is 11.6 Å². The lowest BCUT2D eigenvalue weighted by Gasteiger charge is -2.27. The molecule has 114 valence electrons. The van der Waals surface area contributed by atoms with Crippen molar-refractivity contribution in [3.05, 3.63) is 52.6 Å². The fourth-order valence-corrected chi connectivity index (χ4v) is 2.49. The second kappa shape index (κ2) is 5.78. The number of rotatable bonds is 2. The van der Waals surface area contributed by atoms with E-state index in [9.17, 15) is 9.59 Å². The standard InChI is InChI=1S/C14H13ClN4O3/c15-10-3-1-9(2-4-10)14(21)19-6-5-18-7-11(13(20)17-22)16-12(18)8-19/h1-4,7,22H,5-6,8H2,(H,17,20). The minimum Gasteiger partial charge on any atom is -0.331 e. The molecule has 0 bridgehead atoms. The van der Waals surface area contributed by atoms with Crippen LogP contribution in [-0.2, 0) is 13.1 Å². The zero-order valence-electron chi connectivity index (χ0n) is 11.5. The monoisotopic (exact) mass is 320 g/mol. The second-order valence-corrected chi connectivity index (χ2v) is 5.35. The molecule has 8 heteroatoms. The van der Waals surface area contributed by atoms with Crippen molar-refractivity contribution in [3.8, 4) is 0 Å². The number of benzene rings is 1. The number of aromatic nitrogens is 2. The lowest BCUT2D eigenvalue weighted by molar-refractivity contribution is 0.0700. The summed E-state index contributed by atoms with van der Waals surface area (Å²) in [5, 5.41) is 9.21. The van der Waals surface area contributed by atoms with Gasteiger partial charge in [-0.3, -0.25) is 14.8 Å². The van der Waals surface area contributed by atoms with Gasteiger partial charge >= 0.3 is 0 Å². The molecule has 2 amide bonds. The van der Waals surface area contributed by atoms with E-state index in [2.05, 4.69) is 4.98 Å². The predicted molar refractivity (Wildman–Crippen MR) is 77.7 cm³/mol. The summed E-state index contributed by atoms with van der Waals surface area (Å²) in [5.41, 5.74) is 2.22. The first-order valence-electron chi connectivity index (χ1n) is 6.64. The largest absolute Gasteiger partial charge is 0.331 e. The Morgan fingerprint density at radius 3 is 2.64 bits per heavy atom. The molecular weight excluding hydrogens is 308 g/mol. The Morgan fingerprint density at radius 2 is 1.95 bits per heavy atom. The summed E-state index contributed by atoms with van der Waals surface area (Å²) in [6.45, 7) is 1.37. The first kappa shape index (κ1) is 14.6. The van der Waals surface area contributed by atoms with E-state index in [1.54, 1.807) is 45.4 Å². The molecule has 3 rings (SSSR count). The van der Waals surface area contributed by atoms with Crippen LogP contribution < -0.4 is 5.48 Å². The van der Waals surface area contributed by atoms with Crippen LogP contribution in [0.1, 0.15) is 26.7 Å². The molecule has 0 radical (unpaired) electrons. The molecule has 0 aliphatic carbocycles. The molecule has 1 aromatic heterocycles. The lowest BCUT2D eigenvalue weighted by Crippen LogP contribution is -2.38. The molecule has 22 heavy (non-hydrogen) atoms. The number of hydroxylamine groups is 1. The Balaban J connectivity index is 1.79. The smallest absolute Gasteiger partial charge is 0.294 e. The van der Waals surface area contributed by atoms with Crippen LogP contribution in [0.5, 0.6) is 0 Å². The van der Waals surface area contributed by atoms with Gasteiger partial charge in [-0.05, 0) is 24.3 Å². The molecule has 2 heterocycles. The summed E-state index contributed by atoms with van der Waals surface area (Å²) in [6.07, 6.45) is 1.56. The summed E-state index contributed by atoms with van der Waals surface area (Å²) in [5.74, 6) is -0.177. The van der Waals surface area contributed by atoms with Gasteiger partial charge in [0, 0.05) is 29.9 Å². The minimum absolute atomic E-state index is 0.112. The SMILES string of the molecule is O=C(NO)c1cn2c(n1)CN(C(=O)c1ccc(Cl)cc1)CC2. The topological polar surface area (TPSA) is 87.5 Å². The number of amides is 2. The van der Waals surface area contributed by atoms with Crippen LogP contribution in [0.25, 0.3) is 0 Å². The molecule has 1 aliphatic heterocycles. The number of carbonyl (C=O) groups is 2. The van der Waals surface area contributed by atoms with E-state index in [4.69, 9.17) is 16.8 Å². The number of halogens is 1. The number of nitrogens with one attached hydrogen (secondary N) is 1. The molecule has 2 N–H and O–H groups in total. The average Bonchev–Trinajstić information content (AvgIpc) is 2.97. The zero-order chi connectivity index (χ0) is 15.7. The first-order chi connectivity index (χ1) is 10.6. The fraction of sp³-hybridized carbons (Fsp3) is 0.214. The van der Waals surface area contributed by atoms with Gasteiger partial charge < -0.3 is 9.47 Å². The third kappa shape index (κ3) is 2.68. The molecule has 0 unspecified atom stereocenters. The summed E-state index contributed by atoms with van der Waals surface area (Å²) >= 11 is 5.82. The Bertz CT molecular complexity index is 726. The Hall–Kier alpha value is -2.38. The third-order valence-electron chi connectivity index (χ3n) is 3.51. The predicted octanol–water partition coefficient (Wildman–Crippen LogP) is 1.31. The maximum absolute atomic E-state index is 12.4. The van der Waals surface area contributed by atoms with E-state index in [1.807, 2.05) is 0 Å². The van der Waals surface area contributed by atoms with Crippen LogP contribution in [0.4, 0.5) is 0 Å². The van der Waals surface area contributed by atoms with Crippen molar-refractivity contribution >= 4 is 23.4 Å². The van der Waals surface area contributed by atoms with Crippen molar-refractivity contribution in [1.82, 2.24) is 19.9 Å². The van der Waals surface area contributed by atoms with Crippen molar-refractivity contribution in [1.29, 1.82) is 0 Å². The number of carbonyl (C=O) groups excluding carboxylic acids is 2. The van der Waals surface area contributed by atoms with Crippen LogP contribution in [0, 0.1) is 0 Å². The zero-order valence-corrected chi connectivity index (χ0v) is 12.2. The highest BCUT2D eigenvalue weighted by atomic mass is 35.5. The normalized spacial score (nSPS) is 13.6. The van der Waals surface area contributed by atoms with E-state index < -0.39 is 5.91 Å². The van der Waals surface area contributed by atoms with Gasteiger partial charge in [0.1, 0.15) is 11.5 Å². The van der Waals surface area contributed by atoms with Crippen molar-refractivity contribution in [3.63, 3.8) is 0 Å². The van der Waals surface area contributed by atoms with Gasteiger partial charge in [-0.2, -0.15) is 0 Å². The van der Waals surface area contributed by atoms with Crippen molar-refractivity contribution in [2.45, 2.75) is 13.1 Å². The van der Waals surface area contributed by atoms with Crippen LogP contribution in [0.15, 0.2) is 30.5 Å². The maximum Gasteiger partial charge on any atom is 0.294 e. The Kier molecular flexibility index (Phi) is 3.82. The molecule has 0 saturated heterocycles. The van der Waals surface area contributed by atoms with Gasteiger partial charge in [0.15, 0.2) is 0 Å². The van der Waals surface area contributed by atoms with E-state index in [1.165, 1.54) is 0 Å². The number of hydrogen-bond donors (Lipinski definition) is 2. The van der Waals surface area contributed by atoms with Gasteiger partial charge in [-0.25, -0.2) is 10.5 Å². The number of imidazole rings is 1. The molecule has 2 aromatic rings. The van der Waals surface area contributed by atoms with Crippen LogP contribution in [0.2, 0.25) is 5.02 Å². The van der Waals surface area contributed by atoms with E-state index in [0.29, 0.717) is 36.0 Å². The van der Waals surface area contributed by atoms with Gasteiger partial charge in [-0.1, -0.05) is 11.6 Å². The molecule has 0 atom stereocenters. The second-order valence-electron chi connectivity index (χ2n) is 4.91. The summed E-state index contributed by atoms with van der Waals surface area (Å²) in [6, 6.07) is 6.69. The van der Waals surface area contributed by atoms with Gasteiger partial charge in [0.2, 0.25) is 0 Å². The van der Waals surface area contributed by atoms with Crippen molar-refractivity contribution in [2.75, 3.05) is 6.54 Å². The van der Waals surface area contributed by atoms with E-state index in [-0.39, 0.29) is 11.6 Å². The molecular formula is C14H13ClN4O3. The summed E-state index contributed by atoms with van der Waals surface area (Å²) < 4.78 is 1.80. The molecule has 0 saturated carbocycles. The fourth-order valence-electron chi connectivity index (χ4n) is 2.37. The number of nitrogens with zero attached hydrogens (tertiary/aromatic N) is 3. The number of fused-ring (bicyclic) bond motifs is 1. The average molecular weight is 321 g/mol. The Morgan fingerprint density at radius 1 is 1.23 bits per heavy atom. The molecule has 7 nitrogen and oxygen atoms in total. The Labute approximate surface area is 131 Å². The van der Waals surface area contributed by atoms with Crippen LogP contribution in [-0.4, -0.2) is 38.0 Å². The molecule has 1 aromatic carbocycles. The first-order valence-corrected chi connectivity index (χ1v) is 7.01. The summed E-state index contributed by atoms with van der Waals surface area (Å²) in [7, 11) is 0.